The minimum Gasteiger partial charge on any atom is -0.381 e. The topological polar surface area (TPSA) is 63.5 Å². The normalized spacial score (nSPS) is 11.1. The van der Waals surface area contributed by atoms with Gasteiger partial charge in [-0.1, -0.05) is 13.3 Å². The first-order chi connectivity index (χ1) is 10.4. The van der Waals surface area contributed by atoms with Gasteiger partial charge in [-0.05, 0) is 25.8 Å². The molecule has 0 amide bonds. The summed E-state index contributed by atoms with van der Waals surface area (Å²) in [6.07, 6.45) is 7.03. The molecule has 0 aromatic carbocycles. The zero-order chi connectivity index (χ0) is 15.2. The molecule has 0 spiro atoms. The Kier molecular flexibility index (Phi) is 14.5. The molecule has 0 atom stereocenters. The summed E-state index contributed by atoms with van der Waals surface area (Å²) in [5, 5.41) is 10.7. The van der Waals surface area contributed by atoms with Crippen molar-refractivity contribution in [1.82, 2.24) is 20.4 Å². The van der Waals surface area contributed by atoms with Gasteiger partial charge in [-0.25, -0.2) is 0 Å². The minimum absolute atomic E-state index is 0. The third-order valence-corrected chi connectivity index (χ3v) is 2.90. The maximum absolute atomic E-state index is 5.52. The summed E-state index contributed by atoms with van der Waals surface area (Å²) in [4.78, 5) is 4.53. The summed E-state index contributed by atoms with van der Waals surface area (Å²) >= 11 is 0. The second-order valence-corrected chi connectivity index (χ2v) is 4.78. The molecular weight excluding hydrogens is 393 g/mol. The molecule has 0 aliphatic carbocycles. The van der Waals surface area contributed by atoms with Crippen LogP contribution < -0.4 is 10.6 Å². The molecular formula is C15H30IN5O. The molecule has 1 aromatic heterocycles. The molecule has 1 rings (SSSR count). The van der Waals surface area contributed by atoms with E-state index in [2.05, 4.69) is 34.6 Å². The summed E-state index contributed by atoms with van der Waals surface area (Å²) < 4.78 is 7.43. The van der Waals surface area contributed by atoms with Gasteiger partial charge in [0.05, 0.1) is 6.54 Å². The van der Waals surface area contributed by atoms with E-state index in [1.165, 1.54) is 6.42 Å². The van der Waals surface area contributed by atoms with E-state index in [4.69, 9.17) is 4.74 Å². The summed E-state index contributed by atoms with van der Waals surface area (Å²) in [6, 6.07) is 1.93. The number of hydrogen-bond donors (Lipinski definition) is 2. The lowest BCUT2D eigenvalue weighted by Gasteiger charge is -2.11. The molecule has 1 heterocycles. The fourth-order valence-corrected chi connectivity index (χ4v) is 1.77. The van der Waals surface area contributed by atoms with Crippen LogP contribution in [0, 0.1) is 0 Å². The van der Waals surface area contributed by atoms with Gasteiger partial charge in [0, 0.05) is 45.2 Å². The first-order valence-electron chi connectivity index (χ1n) is 7.94. The highest BCUT2D eigenvalue weighted by Gasteiger charge is 1.97. The van der Waals surface area contributed by atoms with Crippen LogP contribution in [-0.4, -0.2) is 48.6 Å². The van der Waals surface area contributed by atoms with E-state index in [9.17, 15) is 0 Å². The number of guanidine groups is 1. The Bertz CT molecular complexity index is 370. The Hall–Kier alpha value is -0.830. The predicted molar refractivity (Wildman–Crippen MR) is 102 cm³/mol. The molecule has 0 fully saturated rings. The number of halogens is 1. The molecule has 7 heteroatoms. The minimum atomic E-state index is 0. The number of nitrogens with one attached hydrogen (secondary N) is 2. The van der Waals surface area contributed by atoms with Gasteiger partial charge in [0.1, 0.15) is 0 Å². The molecule has 0 aliphatic heterocycles. The first-order valence-corrected chi connectivity index (χ1v) is 7.94. The molecule has 1 aromatic rings. The number of unbranched alkanes of at least 4 members (excludes halogenated alkanes) is 1. The second kappa shape index (κ2) is 15.1. The van der Waals surface area contributed by atoms with Crippen molar-refractivity contribution in [3.05, 3.63) is 18.5 Å². The number of rotatable bonds is 11. The van der Waals surface area contributed by atoms with Crippen molar-refractivity contribution >= 4 is 29.9 Å². The lowest BCUT2D eigenvalue weighted by Crippen LogP contribution is -2.39. The largest absolute Gasteiger partial charge is 0.381 e. The summed E-state index contributed by atoms with van der Waals surface area (Å²) in [6.45, 7) is 9.17. The first kappa shape index (κ1) is 21.2. The van der Waals surface area contributed by atoms with Gasteiger partial charge in [-0.2, -0.15) is 5.10 Å². The Labute approximate surface area is 151 Å². The highest BCUT2D eigenvalue weighted by atomic mass is 127. The number of nitrogens with zero attached hydrogens (tertiary/aromatic N) is 3. The molecule has 128 valence electrons. The smallest absolute Gasteiger partial charge is 0.191 e. The van der Waals surface area contributed by atoms with Crippen LogP contribution in [0.2, 0.25) is 0 Å². The molecule has 0 saturated heterocycles. The van der Waals surface area contributed by atoms with Gasteiger partial charge >= 0.3 is 0 Å². The second-order valence-electron chi connectivity index (χ2n) is 4.78. The van der Waals surface area contributed by atoms with E-state index < -0.39 is 0 Å². The van der Waals surface area contributed by atoms with E-state index in [1.807, 2.05) is 16.9 Å². The van der Waals surface area contributed by atoms with E-state index in [0.717, 1.165) is 58.2 Å². The molecule has 22 heavy (non-hydrogen) atoms. The Morgan fingerprint density at radius 3 is 2.73 bits per heavy atom. The maximum atomic E-state index is 5.52. The fraction of sp³-hybridized carbons (Fsp3) is 0.733. The van der Waals surface area contributed by atoms with Gasteiger partial charge in [0.25, 0.3) is 0 Å². The molecule has 0 unspecified atom stereocenters. The van der Waals surface area contributed by atoms with Crippen LogP contribution in [0.1, 0.15) is 33.1 Å². The summed E-state index contributed by atoms with van der Waals surface area (Å²) in [7, 11) is 0. The SMILES string of the molecule is CCCCOCCCN=C(NCC)NCCn1cccn1.I. The molecule has 6 nitrogen and oxygen atoms in total. The number of hydrogen-bond acceptors (Lipinski definition) is 3. The van der Waals surface area contributed by atoms with Gasteiger partial charge in [-0.15, -0.1) is 24.0 Å². The summed E-state index contributed by atoms with van der Waals surface area (Å²) in [5.74, 6) is 0.859. The van der Waals surface area contributed by atoms with Crippen molar-refractivity contribution in [2.45, 2.75) is 39.7 Å². The number of aromatic nitrogens is 2. The zero-order valence-electron chi connectivity index (χ0n) is 13.8. The van der Waals surface area contributed by atoms with Crippen LogP contribution in [-0.2, 0) is 11.3 Å². The maximum Gasteiger partial charge on any atom is 0.191 e. The van der Waals surface area contributed by atoms with Crippen molar-refractivity contribution in [3.8, 4) is 0 Å². The highest BCUT2D eigenvalue weighted by molar-refractivity contribution is 14.0. The average molecular weight is 423 g/mol. The van der Waals surface area contributed by atoms with Gasteiger partial charge in [0.2, 0.25) is 0 Å². The Morgan fingerprint density at radius 1 is 1.23 bits per heavy atom. The third-order valence-electron chi connectivity index (χ3n) is 2.90. The third kappa shape index (κ3) is 10.8. The average Bonchev–Trinajstić information content (AvgIpc) is 2.99. The lowest BCUT2D eigenvalue weighted by atomic mass is 10.4. The molecule has 2 N–H and O–H groups in total. The monoisotopic (exact) mass is 423 g/mol. The fourth-order valence-electron chi connectivity index (χ4n) is 1.77. The van der Waals surface area contributed by atoms with Crippen molar-refractivity contribution in [1.29, 1.82) is 0 Å². The van der Waals surface area contributed by atoms with E-state index in [1.54, 1.807) is 6.20 Å². The lowest BCUT2D eigenvalue weighted by molar-refractivity contribution is 0.130. The van der Waals surface area contributed by atoms with E-state index in [-0.39, 0.29) is 24.0 Å². The van der Waals surface area contributed by atoms with E-state index in [0.29, 0.717) is 0 Å². The van der Waals surface area contributed by atoms with Gasteiger partial charge < -0.3 is 15.4 Å². The molecule has 0 radical (unpaired) electrons. The number of ether oxygens (including phenoxy) is 1. The highest BCUT2D eigenvalue weighted by Crippen LogP contribution is 1.90. The van der Waals surface area contributed by atoms with Crippen molar-refractivity contribution in [2.75, 3.05) is 32.8 Å². The van der Waals surface area contributed by atoms with Crippen LogP contribution in [0.15, 0.2) is 23.5 Å². The molecule has 0 aliphatic rings. The van der Waals surface area contributed by atoms with Crippen LogP contribution in [0.5, 0.6) is 0 Å². The Morgan fingerprint density at radius 2 is 2.05 bits per heavy atom. The van der Waals surface area contributed by atoms with Crippen LogP contribution in [0.25, 0.3) is 0 Å². The van der Waals surface area contributed by atoms with Crippen molar-refractivity contribution < 1.29 is 4.74 Å². The van der Waals surface area contributed by atoms with Crippen LogP contribution in [0.4, 0.5) is 0 Å². The molecule has 0 bridgehead atoms. The predicted octanol–water partition coefficient (Wildman–Crippen LogP) is 2.26. The van der Waals surface area contributed by atoms with Crippen molar-refractivity contribution in [3.63, 3.8) is 0 Å². The van der Waals surface area contributed by atoms with Crippen LogP contribution >= 0.6 is 24.0 Å². The quantitative estimate of drug-likeness (QED) is 0.248. The van der Waals surface area contributed by atoms with Crippen molar-refractivity contribution in [2.24, 2.45) is 4.99 Å². The van der Waals surface area contributed by atoms with Gasteiger partial charge in [0.15, 0.2) is 5.96 Å². The molecule has 0 saturated carbocycles. The van der Waals surface area contributed by atoms with Crippen LogP contribution in [0.3, 0.4) is 0 Å². The zero-order valence-corrected chi connectivity index (χ0v) is 16.1. The number of aliphatic imine (C=N–C) groups is 1. The van der Waals surface area contributed by atoms with E-state index >= 15 is 0 Å². The standard InChI is InChI=1S/C15H29N5O.HI/c1-3-5-13-21-14-7-8-17-15(16-4-2)18-10-12-20-11-6-9-19-20;/h6,9,11H,3-5,7-8,10,12-14H2,1-2H3,(H2,16,17,18);1H. The summed E-state index contributed by atoms with van der Waals surface area (Å²) in [5.41, 5.74) is 0. The van der Waals surface area contributed by atoms with Gasteiger partial charge in [-0.3, -0.25) is 9.67 Å². The Balaban J connectivity index is 0.00000441.